The molecule has 1 rings (SSSR count). The second-order valence-corrected chi connectivity index (χ2v) is 9.30. The molecule has 0 fully saturated rings. The molecule has 6 heteroatoms. The Balaban J connectivity index is 2.49. The zero-order chi connectivity index (χ0) is 19.3. The van der Waals surface area contributed by atoms with Crippen LogP contribution in [0.5, 0.6) is 0 Å². The molecule has 0 heterocycles. The maximum Gasteiger partial charge on any atom is 0.500 e. The van der Waals surface area contributed by atoms with E-state index in [0.29, 0.717) is 31.8 Å². The Kier molecular flexibility index (Phi) is 11.9. The van der Waals surface area contributed by atoms with Gasteiger partial charge in [0.15, 0.2) is 0 Å². The Labute approximate surface area is 158 Å². The number of unbranched alkanes of at least 4 members (excludes halogenated alkanes) is 2. The third-order valence-electron chi connectivity index (χ3n) is 3.95. The van der Waals surface area contributed by atoms with Gasteiger partial charge in [0, 0.05) is 31.9 Å². The molecule has 0 N–H and O–H groups in total. The lowest BCUT2D eigenvalue weighted by Gasteiger charge is -2.29. The molecule has 0 bridgehead atoms. The van der Waals surface area contributed by atoms with Gasteiger partial charge in [-0.15, -0.1) is 0 Å². The lowest BCUT2D eigenvalue weighted by atomic mass is 10.1. The van der Waals surface area contributed by atoms with E-state index in [1.807, 2.05) is 0 Å². The second kappa shape index (κ2) is 13.4. The molecule has 0 aliphatic carbocycles. The Morgan fingerprint density at radius 1 is 0.731 bits per heavy atom. The summed E-state index contributed by atoms with van der Waals surface area (Å²) in [4.78, 5) is 0. The number of benzene rings is 1. The van der Waals surface area contributed by atoms with Gasteiger partial charge in [-0.2, -0.15) is 0 Å². The average Bonchev–Trinajstić information content (AvgIpc) is 2.61. The number of hydrogen-bond acceptors (Lipinski definition) is 3. The van der Waals surface area contributed by atoms with Crippen molar-refractivity contribution in [3.8, 4) is 0 Å². The zero-order valence-corrected chi connectivity index (χ0v) is 17.5. The predicted octanol–water partition coefficient (Wildman–Crippen LogP) is 5.90. The maximum atomic E-state index is 13.2. The molecule has 0 aliphatic heterocycles. The molecular formula is C20H34F2O3Si. The normalized spacial score (nSPS) is 11.9. The largest absolute Gasteiger partial charge is 0.500 e. The molecule has 0 unspecified atom stereocenters. The van der Waals surface area contributed by atoms with E-state index in [-0.39, 0.29) is 0 Å². The Hall–Kier alpha value is -0.823. The van der Waals surface area contributed by atoms with Gasteiger partial charge in [0.05, 0.1) is 0 Å². The average molecular weight is 389 g/mol. The molecule has 0 aliphatic rings. The molecule has 0 amide bonds. The van der Waals surface area contributed by atoms with Crippen molar-refractivity contribution in [2.24, 2.45) is 0 Å². The summed E-state index contributed by atoms with van der Waals surface area (Å²) in [5, 5.41) is 0. The lowest BCUT2D eigenvalue weighted by Crippen LogP contribution is -2.46. The molecule has 1 aromatic carbocycles. The highest BCUT2D eigenvalue weighted by Crippen LogP contribution is 2.22. The first-order valence-electron chi connectivity index (χ1n) is 9.92. The van der Waals surface area contributed by atoms with Crippen LogP contribution in [0.4, 0.5) is 8.78 Å². The third kappa shape index (κ3) is 9.21. The van der Waals surface area contributed by atoms with Gasteiger partial charge in [-0.1, -0.05) is 27.2 Å². The van der Waals surface area contributed by atoms with Crippen LogP contribution in [0.1, 0.15) is 64.9 Å². The first kappa shape index (κ1) is 23.2. The Morgan fingerprint density at radius 3 is 1.69 bits per heavy atom. The smallest absolute Gasteiger partial charge is 0.373 e. The van der Waals surface area contributed by atoms with Gasteiger partial charge in [0.25, 0.3) is 0 Å². The summed E-state index contributed by atoms with van der Waals surface area (Å²) < 4.78 is 44.7. The predicted molar refractivity (Wildman–Crippen MR) is 103 cm³/mol. The SMILES string of the molecule is CCCO[Si](CCCCCc1cc(F)cc(F)c1)(OCCC)OCCC. The summed E-state index contributed by atoms with van der Waals surface area (Å²) in [5.41, 5.74) is 0.706. The van der Waals surface area contributed by atoms with Crippen LogP contribution in [0.3, 0.4) is 0 Å². The Morgan fingerprint density at radius 2 is 1.23 bits per heavy atom. The first-order valence-corrected chi connectivity index (χ1v) is 11.8. The van der Waals surface area contributed by atoms with E-state index in [1.54, 1.807) is 0 Å². The number of rotatable bonds is 15. The van der Waals surface area contributed by atoms with Crippen molar-refractivity contribution in [2.45, 2.75) is 71.8 Å². The van der Waals surface area contributed by atoms with E-state index in [1.165, 1.54) is 12.1 Å². The van der Waals surface area contributed by atoms with Crippen LogP contribution >= 0.6 is 0 Å². The fraction of sp³-hybridized carbons (Fsp3) is 0.700. The van der Waals surface area contributed by atoms with Crippen LogP contribution in [0.2, 0.25) is 6.04 Å². The van der Waals surface area contributed by atoms with E-state index in [2.05, 4.69) is 20.8 Å². The van der Waals surface area contributed by atoms with E-state index in [0.717, 1.165) is 50.6 Å². The van der Waals surface area contributed by atoms with Gasteiger partial charge < -0.3 is 13.3 Å². The minimum absolute atomic E-state index is 0.514. The molecule has 0 spiro atoms. The van der Waals surface area contributed by atoms with Crippen molar-refractivity contribution in [2.75, 3.05) is 19.8 Å². The van der Waals surface area contributed by atoms with Crippen LogP contribution < -0.4 is 0 Å². The highest BCUT2D eigenvalue weighted by molar-refractivity contribution is 6.60. The quantitative estimate of drug-likeness (QED) is 0.277. The topological polar surface area (TPSA) is 27.7 Å². The Bertz CT molecular complexity index is 458. The number of hydrogen-bond donors (Lipinski definition) is 0. The van der Waals surface area contributed by atoms with Crippen molar-refractivity contribution in [1.82, 2.24) is 0 Å². The monoisotopic (exact) mass is 388 g/mol. The molecule has 150 valence electrons. The highest BCUT2D eigenvalue weighted by Gasteiger charge is 2.40. The van der Waals surface area contributed by atoms with E-state index >= 15 is 0 Å². The molecule has 0 radical (unpaired) electrons. The molecule has 3 nitrogen and oxygen atoms in total. The van der Waals surface area contributed by atoms with Crippen molar-refractivity contribution in [3.05, 3.63) is 35.4 Å². The van der Waals surface area contributed by atoms with Gasteiger partial charge in [-0.3, -0.25) is 0 Å². The van der Waals surface area contributed by atoms with Gasteiger partial charge in [-0.05, 0) is 56.2 Å². The van der Waals surface area contributed by atoms with Crippen molar-refractivity contribution in [3.63, 3.8) is 0 Å². The molecule has 26 heavy (non-hydrogen) atoms. The van der Waals surface area contributed by atoms with Gasteiger partial charge >= 0.3 is 8.80 Å². The van der Waals surface area contributed by atoms with Gasteiger partial charge in [0.2, 0.25) is 0 Å². The minimum atomic E-state index is -2.63. The van der Waals surface area contributed by atoms with Gasteiger partial charge in [-0.25, -0.2) is 8.78 Å². The fourth-order valence-electron chi connectivity index (χ4n) is 2.72. The van der Waals surface area contributed by atoms with Crippen LogP contribution in [0.15, 0.2) is 18.2 Å². The standard InChI is InChI=1S/C20H34F2O3Si/c1-4-11-23-26(24-12-5-2,25-13-6-3)14-9-7-8-10-18-15-19(21)17-20(22)16-18/h15-17H,4-14H2,1-3H3. The van der Waals surface area contributed by atoms with Crippen LogP contribution in [-0.4, -0.2) is 28.6 Å². The number of aryl methyl sites for hydroxylation is 1. The molecular weight excluding hydrogens is 354 g/mol. The summed E-state index contributed by atoms with van der Waals surface area (Å²) in [6.07, 6.45) is 6.24. The fourth-order valence-corrected chi connectivity index (χ4v) is 5.63. The first-order chi connectivity index (χ1) is 12.5. The summed E-state index contributed by atoms with van der Waals surface area (Å²) in [5.74, 6) is -1.03. The molecule has 1 aromatic rings. The summed E-state index contributed by atoms with van der Waals surface area (Å²) >= 11 is 0. The zero-order valence-electron chi connectivity index (χ0n) is 16.5. The number of halogens is 2. The molecule has 0 saturated heterocycles. The van der Waals surface area contributed by atoms with Crippen LogP contribution in [0.25, 0.3) is 0 Å². The minimum Gasteiger partial charge on any atom is -0.373 e. The van der Waals surface area contributed by atoms with Gasteiger partial charge in [0.1, 0.15) is 11.6 Å². The summed E-state index contributed by atoms with van der Waals surface area (Å²) in [7, 11) is -2.63. The van der Waals surface area contributed by atoms with Crippen LogP contribution in [-0.2, 0) is 19.7 Å². The van der Waals surface area contributed by atoms with E-state index < -0.39 is 20.4 Å². The summed E-state index contributed by atoms with van der Waals surface area (Å²) in [6.45, 7) is 8.21. The second-order valence-electron chi connectivity index (χ2n) is 6.57. The van der Waals surface area contributed by atoms with E-state index in [9.17, 15) is 8.78 Å². The molecule has 0 saturated carbocycles. The van der Waals surface area contributed by atoms with Crippen molar-refractivity contribution < 1.29 is 22.1 Å². The lowest BCUT2D eigenvalue weighted by molar-refractivity contribution is 0.0586. The highest BCUT2D eigenvalue weighted by atomic mass is 28.4. The summed E-state index contributed by atoms with van der Waals surface area (Å²) in [6, 6.07) is 4.51. The van der Waals surface area contributed by atoms with Crippen molar-refractivity contribution in [1.29, 1.82) is 0 Å². The maximum absolute atomic E-state index is 13.2. The van der Waals surface area contributed by atoms with Crippen LogP contribution in [0, 0.1) is 11.6 Å². The molecule has 0 atom stereocenters. The van der Waals surface area contributed by atoms with E-state index in [4.69, 9.17) is 13.3 Å². The molecule has 0 aromatic heterocycles. The van der Waals surface area contributed by atoms with Crippen molar-refractivity contribution >= 4 is 8.80 Å². The third-order valence-corrected chi connectivity index (χ3v) is 6.85.